The highest BCUT2D eigenvalue weighted by Gasteiger charge is 2.45. The molecule has 0 aromatic rings. The van der Waals surface area contributed by atoms with E-state index in [1.807, 2.05) is 0 Å². The predicted molar refractivity (Wildman–Crippen MR) is 141 cm³/mol. The van der Waals surface area contributed by atoms with Crippen LogP contribution in [-0.4, -0.2) is 59.8 Å². The van der Waals surface area contributed by atoms with Crippen molar-refractivity contribution >= 4 is 0 Å². The summed E-state index contributed by atoms with van der Waals surface area (Å²) in [7, 11) is 0. The summed E-state index contributed by atoms with van der Waals surface area (Å²) in [6.07, 6.45) is 17.6. The summed E-state index contributed by atoms with van der Waals surface area (Å²) in [6, 6.07) is 0. The molecule has 0 atom stereocenters. The maximum Gasteiger partial charge on any atom is 0.131 e. The number of nitrogens with zero attached hydrogens (tertiary/aromatic N) is 3. The van der Waals surface area contributed by atoms with E-state index in [1.165, 1.54) is 123 Å². The molecule has 3 heteroatoms. The van der Waals surface area contributed by atoms with Gasteiger partial charge in [0, 0.05) is 39.3 Å². The predicted octanol–water partition coefficient (Wildman–Crippen LogP) is 7.96. The molecule has 0 amide bonds. The SMILES string of the molecule is [CH2]CCC(N(CCCC)CCCC)(N(CCCC)CCCC)N(CCCC)CCCC. The third-order valence-electron chi connectivity index (χ3n) is 6.72. The molecule has 0 heterocycles. The molecule has 0 bridgehead atoms. The van der Waals surface area contributed by atoms with E-state index >= 15 is 0 Å². The first-order valence-electron chi connectivity index (χ1n) is 14.2. The molecule has 0 aliphatic rings. The van der Waals surface area contributed by atoms with Gasteiger partial charge in [-0.1, -0.05) is 87.0 Å². The fraction of sp³-hybridized carbons (Fsp3) is 0.964. The van der Waals surface area contributed by atoms with Gasteiger partial charge in [0.05, 0.1) is 0 Å². The summed E-state index contributed by atoms with van der Waals surface area (Å²) >= 11 is 0. The number of rotatable bonds is 23. The molecule has 0 aliphatic carbocycles. The highest BCUT2D eigenvalue weighted by Crippen LogP contribution is 2.33. The van der Waals surface area contributed by atoms with Gasteiger partial charge in [0.25, 0.3) is 0 Å². The van der Waals surface area contributed by atoms with Gasteiger partial charge in [0.15, 0.2) is 0 Å². The van der Waals surface area contributed by atoms with Crippen LogP contribution in [0.15, 0.2) is 0 Å². The van der Waals surface area contributed by atoms with Gasteiger partial charge < -0.3 is 0 Å². The first kappa shape index (κ1) is 30.9. The molecule has 0 spiro atoms. The molecule has 1 radical (unpaired) electrons. The van der Waals surface area contributed by atoms with Crippen molar-refractivity contribution in [3.63, 3.8) is 0 Å². The minimum absolute atomic E-state index is 0.0424. The highest BCUT2D eigenvalue weighted by molar-refractivity contribution is 4.92. The summed E-state index contributed by atoms with van der Waals surface area (Å²) in [4.78, 5) is 8.76. The summed E-state index contributed by atoms with van der Waals surface area (Å²) in [6.45, 7) is 25.8. The lowest BCUT2D eigenvalue weighted by Gasteiger charge is -2.57. The summed E-state index contributed by atoms with van der Waals surface area (Å²) < 4.78 is 0. The van der Waals surface area contributed by atoms with Crippen LogP contribution in [0.3, 0.4) is 0 Å². The fourth-order valence-corrected chi connectivity index (χ4v) is 4.82. The molecule has 0 aromatic heterocycles. The number of hydrogen-bond acceptors (Lipinski definition) is 3. The van der Waals surface area contributed by atoms with Gasteiger partial charge in [-0.2, -0.15) is 0 Å². The van der Waals surface area contributed by atoms with Gasteiger partial charge in [0.1, 0.15) is 5.79 Å². The Morgan fingerprint density at radius 2 is 0.677 bits per heavy atom. The third-order valence-corrected chi connectivity index (χ3v) is 6.72. The maximum absolute atomic E-state index is 4.42. The van der Waals surface area contributed by atoms with E-state index in [-0.39, 0.29) is 5.79 Å². The Labute approximate surface area is 198 Å². The second-order valence-corrected chi connectivity index (χ2v) is 9.46. The van der Waals surface area contributed by atoms with E-state index in [0.717, 1.165) is 6.42 Å². The number of hydrogen-bond donors (Lipinski definition) is 0. The highest BCUT2D eigenvalue weighted by atomic mass is 15.6. The van der Waals surface area contributed by atoms with Crippen molar-refractivity contribution in [3.8, 4) is 0 Å². The molecular formula is C28H60N3. The number of unbranched alkanes of at least 4 members (excludes halogenated alkanes) is 6. The standard InChI is InChI=1S/C28H60N3/c1-8-15-22-29(23-16-9-2)28(21-14-7,30(24-17-10-3)25-18-11-4)31(26-19-12-5)27-20-13-6/h7-27H2,1-6H3. The molecule has 187 valence electrons. The quantitative estimate of drug-likeness (QED) is 0.150. The van der Waals surface area contributed by atoms with Crippen LogP contribution in [-0.2, 0) is 0 Å². The smallest absolute Gasteiger partial charge is 0.131 e. The van der Waals surface area contributed by atoms with Crippen LogP contribution in [0.25, 0.3) is 0 Å². The Hall–Kier alpha value is -0.120. The van der Waals surface area contributed by atoms with Crippen molar-refractivity contribution in [1.82, 2.24) is 14.7 Å². The Kier molecular flexibility index (Phi) is 20.4. The van der Waals surface area contributed by atoms with E-state index in [0.29, 0.717) is 0 Å². The lowest BCUT2D eigenvalue weighted by molar-refractivity contribution is -0.178. The van der Waals surface area contributed by atoms with Gasteiger partial charge >= 0.3 is 0 Å². The van der Waals surface area contributed by atoms with Gasteiger partial charge in [-0.3, -0.25) is 14.7 Å². The lowest BCUT2D eigenvalue weighted by atomic mass is 10.0. The van der Waals surface area contributed by atoms with Gasteiger partial charge in [-0.25, -0.2) is 0 Å². The third kappa shape index (κ3) is 11.0. The van der Waals surface area contributed by atoms with Crippen molar-refractivity contribution in [1.29, 1.82) is 0 Å². The Balaban J connectivity index is 6.43. The molecule has 0 saturated heterocycles. The van der Waals surface area contributed by atoms with Crippen LogP contribution < -0.4 is 0 Å². The van der Waals surface area contributed by atoms with Crippen LogP contribution in [0.2, 0.25) is 0 Å². The van der Waals surface area contributed by atoms with Crippen molar-refractivity contribution in [3.05, 3.63) is 6.92 Å². The fourth-order valence-electron chi connectivity index (χ4n) is 4.82. The minimum atomic E-state index is 0.0424. The second-order valence-electron chi connectivity index (χ2n) is 9.46. The molecule has 0 fully saturated rings. The topological polar surface area (TPSA) is 9.72 Å². The molecular weight excluding hydrogens is 378 g/mol. The van der Waals surface area contributed by atoms with Crippen LogP contribution in [0.5, 0.6) is 0 Å². The summed E-state index contributed by atoms with van der Waals surface area (Å²) in [5.74, 6) is 0.0424. The van der Waals surface area contributed by atoms with Crippen LogP contribution in [0.4, 0.5) is 0 Å². The van der Waals surface area contributed by atoms with Crippen molar-refractivity contribution in [2.75, 3.05) is 39.3 Å². The van der Waals surface area contributed by atoms with Crippen molar-refractivity contribution in [2.45, 2.75) is 137 Å². The van der Waals surface area contributed by atoms with Gasteiger partial charge in [-0.15, -0.1) is 0 Å². The van der Waals surface area contributed by atoms with E-state index < -0.39 is 0 Å². The molecule has 31 heavy (non-hydrogen) atoms. The van der Waals surface area contributed by atoms with Crippen LogP contribution >= 0.6 is 0 Å². The molecule has 0 rings (SSSR count). The Morgan fingerprint density at radius 3 is 0.839 bits per heavy atom. The van der Waals surface area contributed by atoms with E-state index in [1.54, 1.807) is 0 Å². The normalized spacial score (nSPS) is 12.6. The van der Waals surface area contributed by atoms with Crippen LogP contribution in [0, 0.1) is 6.92 Å². The molecule has 0 unspecified atom stereocenters. The molecule has 0 N–H and O–H groups in total. The van der Waals surface area contributed by atoms with Gasteiger partial charge in [0.2, 0.25) is 0 Å². The first-order valence-corrected chi connectivity index (χ1v) is 14.2. The zero-order valence-corrected chi connectivity index (χ0v) is 22.7. The van der Waals surface area contributed by atoms with Crippen LogP contribution in [0.1, 0.15) is 131 Å². The first-order chi connectivity index (χ1) is 15.1. The van der Waals surface area contributed by atoms with Crippen molar-refractivity contribution in [2.24, 2.45) is 0 Å². The Morgan fingerprint density at radius 1 is 0.452 bits per heavy atom. The van der Waals surface area contributed by atoms with E-state index in [4.69, 9.17) is 0 Å². The molecule has 0 saturated carbocycles. The Bertz CT molecular complexity index is 297. The zero-order valence-electron chi connectivity index (χ0n) is 22.7. The average Bonchev–Trinajstić information content (AvgIpc) is 2.78. The molecule has 3 nitrogen and oxygen atoms in total. The summed E-state index contributed by atoms with van der Waals surface area (Å²) in [5.41, 5.74) is 0. The van der Waals surface area contributed by atoms with Gasteiger partial charge in [-0.05, 0) is 51.4 Å². The lowest BCUT2D eigenvalue weighted by Crippen LogP contribution is -2.71. The van der Waals surface area contributed by atoms with Crippen molar-refractivity contribution < 1.29 is 0 Å². The summed E-state index contributed by atoms with van der Waals surface area (Å²) in [5, 5.41) is 0. The second kappa shape index (κ2) is 20.5. The average molecular weight is 439 g/mol. The maximum atomic E-state index is 4.42. The van der Waals surface area contributed by atoms with E-state index in [2.05, 4.69) is 63.2 Å². The molecule has 0 aliphatic heterocycles. The van der Waals surface area contributed by atoms with E-state index in [9.17, 15) is 0 Å². The monoisotopic (exact) mass is 438 g/mol. The zero-order chi connectivity index (χ0) is 23.4. The largest absolute Gasteiger partial charge is 0.273 e. The molecule has 0 aromatic carbocycles. The minimum Gasteiger partial charge on any atom is -0.273 e.